The van der Waals surface area contributed by atoms with Gasteiger partial charge >= 0.3 is 11.9 Å². The van der Waals surface area contributed by atoms with E-state index in [0.717, 1.165) is 31.2 Å². The Morgan fingerprint density at radius 3 is 2.43 bits per heavy atom. The fourth-order valence-electron chi connectivity index (χ4n) is 4.54. The van der Waals surface area contributed by atoms with Crippen LogP contribution in [0.5, 0.6) is 0 Å². The van der Waals surface area contributed by atoms with Gasteiger partial charge in [0.1, 0.15) is 18.6 Å². The van der Waals surface area contributed by atoms with E-state index >= 15 is 0 Å². The predicted octanol–water partition coefficient (Wildman–Crippen LogP) is 4.62. The van der Waals surface area contributed by atoms with Crippen molar-refractivity contribution in [2.75, 3.05) is 13.7 Å². The molecule has 2 aliphatic heterocycles. The second kappa shape index (κ2) is 11.3. The summed E-state index contributed by atoms with van der Waals surface area (Å²) in [5.41, 5.74) is 0.828. The quantitative estimate of drug-likeness (QED) is 0.414. The lowest BCUT2D eigenvalue weighted by Gasteiger charge is -2.36. The maximum absolute atomic E-state index is 13.0. The molecule has 164 valence electrons. The van der Waals surface area contributed by atoms with Crippen molar-refractivity contribution in [2.24, 2.45) is 0 Å². The van der Waals surface area contributed by atoms with E-state index in [1.165, 1.54) is 12.8 Å². The number of carbonyl (C=O) groups is 2. The van der Waals surface area contributed by atoms with Gasteiger partial charge in [-0.2, -0.15) is 0 Å². The maximum Gasteiger partial charge on any atom is 0.317 e. The second-order valence-electron chi connectivity index (χ2n) is 8.53. The molecule has 0 aromatic heterocycles. The van der Waals surface area contributed by atoms with Gasteiger partial charge in [0.25, 0.3) is 0 Å². The summed E-state index contributed by atoms with van der Waals surface area (Å²) in [5.74, 6) is -1.14. The zero-order chi connectivity index (χ0) is 21.3. The van der Waals surface area contributed by atoms with Crippen molar-refractivity contribution in [1.82, 2.24) is 4.90 Å². The van der Waals surface area contributed by atoms with E-state index in [-0.39, 0.29) is 24.6 Å². The Morgan fingerprint density at radius 2 is 1.77 bits per heavy atom. The summed E-state index contributed by atoms with van der Waals surface area (Å²) in [5, 5.41) is 0. The average Bonchev–Trinajstić information content (AvgIpc) is 2.95. The van der Waals surface area contributed by atoms with Crippen LogP contribution < -0.4 is 0 Å². The first-order valence-electron chi connectivity index (χ1n) is 11.4. The number of ether oxygens (including phenoxy) is 2. The minimum atomic E-state index is -0.580. The molecular weight excluding hydrogens is 378 g/mol. The van der Waals surface area contributed by atoms with Crippen LogP contribution in [0.2, 0.25) is 0 Å². The molecule has 0 spiro atoms. The normalized spacial score (nSPS) is 24.7. The highest BCUT2D eigenvalue weighted by atomic mass is 16.6. The van der Waals surface area contributed by atoms with Gasteiger partial charge in [0.05, 0.1) is 0 Å². The number of esters is 2. The Hall–Kier alpha value is -2.14. The molecule has 2 unspecified atom stereocenters. The summed E-state index contributed by atoms with van der Waals surface area (Å²) >= 11 is 0. The molecule has 0 radical (unpaired) electrons. The van der Waals surface area contributed by atoms with Crippen LogP contribution in [0.25, 0.3) is 0 Å². The summed E-state index contributed by atoms with van der Waals surface area (Å²) in [6.45, 7) is 2.15. The number of hydrogen-bond donors (Lipinski definition) is 0. The van der Waals surface area contributed by atoms with Crippen LogP contribution in [-0.2, 0) is 19.1 Å². The number of nitrogens with zero attached hydrogens (tertiary/aromatic N) is 1. The number of piperidine rings is 1. The first-order chi connectivity index (χ1) is 14.6. The maximum atomic E-state index is 13.0. The molecule has 3 rings (SSSR count). The van der Waals surface area contributed by atoms with Crippen molar-refractivity contribution < 1.29 is 19.1 Å². The van der Waals surface area contributed by atoms with Crippen LogP contribution in [0.3, 0.4) is 0 Å². The van der Waals surface area contributed by atoms with Gasteiger partial charge in [-0.05, 0) is 51.1 Å². The molecular formula is C25H35NO4. The van der Waals surface area contributed by atoms with Crippen molar-refractivity contribution >= 4 is 11.9 Å². The Balaban J connectivity index is 1.55. The highest BCUT2D eigenvalue weighted by Gasteiger charge is 2.40. The van der Waals surface area contributed by atoms with Gasteiger partial charge in [0.15, 0.2) is 0 Å². The van der Waals surface area contributed by atoms with Gasteiger partial charge in [-0.3, -0.25) is 9.59 Å². The number of unbranched alkanes of at least 4 members (excludes halogenated alkanes) is 1. The fourth-order valence-corrected chi connectivity index (χ4v) is 4.54. The third-order valence-electron chi connectivity index (χ3n) is 6.37. The Bertz CT molecular complexity index is 703. The van der Waals surface area contributed by atoms with Crippen molar-refractivity contribution in [3.05, 3.63) is 48.0 Å². The Morgan fingerprint density at radius 1 is 1.10 bits per heavy atom. The standard InChI is InChI=1S/C25H35NO4/c1-3-4-5-6-10-13-24(27)29-18-23(19-11-8-7-9-12-19)25(28)30-22-16-20-14-15-21(17-22)26(20)2/h5-9,11-12,20-23H,3-4,10,13-18H2,1-2H3/b6-5+/t20-,21+,22?,23?. The third-order valence-corrected chi connectivity index (χ3v) is 6.37. The molecule has 5 heteroatoms. The van der Waals surface area contributed by atoms with Gasteiger partial charge in [-0.15, -0.1) is 0 Å². The number of allylic oxidation sites excluding steroid dienone is 2. The first-order valence-corrected chi connectivity index (χ1v) is 11.4. The lowest BCUT2D eigenvalue weighted by atomic mass is 9.98. The van der Waals surface area contributed by atoms with Crippen molar-refractivity contribution in [3.63, 3.8) is 0 Å². The molecule has 2 fully saturated rings. The summed E-state index contributed by atoms with van der Waals surface area (Å²) in [4.78, 5) is 27.6. The van der Waals surface area contributed by atoms with E-state index in [4.69, 9.17) is 9.47 Å². The molecule has 2 aliphatic rings. The summed E-state index contributed by atoms with van der Waals surface area (Å²) < 4.78 is 11.4. The molecule has 0 N–H and O–H groups in total. The monoisotopic (exact) mass is 413 g/mol. The van der Waals surface area contributed by atoms with Crippen molar-refractivity contribution in [2.45, 2.75) is 82.4 Å². The predicted molar refractivity (Wildman–Crippen MR) is 117 cm³/mol. The Labute approximate surface area is 180 Å². The third kappa shape index (κ3) is 6.18. The van der Waals surface area contributed by atoms with Crippen LogP contribution in [0.4, 0.5) is 0 Å². The molecule has 0 amide bonds. The first kappa shape index (κ1) is 22.5. The van der Waals surface area contributed by atoms with Crippen LogP contribution in [-0.4, -0.2) is 48.7 Å². The average molecular weight is 414 g/mol. The molecule has 2 heterocycles. The number of hydrogen-bond acceptors (Lipinski definition) is 5. The number of fused-ring (bicyclic) bond motifs is 2. The van der Waals surface area contributed by atoms with E-state index in [2.05, 4.69) is 24.9 Å². The Kier molecular flexibility index (Phi) is 8.50. The SMILES string of the molecule is CCC/C=C/CCC(=O)OCC(C(=O)OC1C[C@H]2CC[C@@H](C1)N2C)c1ccccc1. The van der Waals surface area contributed by atoms with Crippen LogP contribution in [0.1, 0.15) is 69.8 Å². The highest BCUT2D eigenvalue weighted by molar-refractivity contribution is 5.79. The van der Waals surface area contributed by atoms with Gasteiger partial charge < -0.3 is 14.4 Å². The van der Waals surface area contributed by atoms with Gasteiger partial charge in [-0.25, -0.2) is 0 Å². The van der Waals surface area contributed by atoms with Crippen LogP contribution >= 0.6 is 0 Å². The summed E-state index contributed by atoms with van der Waals surface area (Å²) in [7, 11) is 2.17. The number of rotatable bonds is 10. The van der Waals surface area contributed by atoms with Gasteiger partial charge in [0, 0.05) is 18.5 Å². The van der Waals surface area contributed by atoms with Gasteiger partial charge in [0.2, 0.25) is 0 Å². The zero-order valence-electron chi connectivity index (χ0n) is 18.3. The number of carbonyl (C=O) groups excluding carboxylic acids is 2. The van der Waals surface area contributed by atoms with Crippen LogP contribution in [0.15, 0.2) is 42.5 Å². The van der Waals surface area contributed by atoms with E-state index < -0.39 is 5.92 Å². The van der Waals surface area contributed by atoms with Crippen LogP contribution in [0, 0.1) is 0 Å². The molecule has 5 nitrogen and oxygen atoms in total. The van der Waals surface area contributed by atoms with E-state index in [1.807, 2.05) is 36.4 Å². The zero-order valence-corrected chi connectivity index (χ0v) is 18.3. The van der Waals surface area contributed by atoms with E-state index in [0.29, 0.717) is 24.9 Å². The molecule has 1 aromatic rings. The lowest BCUT2D eigenvalue weighted by Crippen LogP contribution is -2.44. The topological polar surface area (TPSA) is 55.8 Å². The van der Waals surface area contributed by atoms with E-state index in [9.17, 15) is 9.59 Å². The summed E-state index contributed by atoms with van der Waals surface area (Å²) in [6.07, 6.45) is 11.3. The number of benzene rings is 1. The summed E-state index contributed by atoms with van der Waals surface area (Å²) in [6, 6.07) is 10.5. The van der Waals surface area contributed by atoms with E-state index in [1.54, 1.807) is 0 Å². The molecule has 2 bridgehead atoms. The molecule has 0 saturated carbocycles. The second-order valence-corrected chi connectivity index (χ2v) is 8.53. The smallest absolute Gasteiger partial charge is 0.317 e. The largest absolute Gasteiger partial charge is 0.464 e. The highest BCUT2D eigenvalue weighted by Crippen LogP contribution is 2.36. The minimum Gasteiger partial charge on any atom is -0.464 e. The molecule has 2 saturated heterocycles. The van der Waals surface area contributed by atoms with Crippen molar-refractivity contribution in [1.29, 1.82) is 0 Å². The molecule has 1 aromatic carbocycles. The lowest BCUT2D eigenvalue weighted by molar-refractivity contribution is -0.157. The van der Waals surface area contributed by atoms with Crippen molar-refractivity contribution in [3.8, 4) is 0 Å². The molecule has 30 heavy (non-hydrogen) atoms. The fraction of sp³-hybridized carbons (Fsp3) is 0.600. The minimum absolute atomic E-state index is 0.0276. The van der Waals surface area contributed by atoms with Gasteiger partial charge in [-0.1, -0.05) is 55.8 Å². The molecule has 0 aliphatic carbocycles. The molecule has 4 atom stereocenters.